The maximum Gasteiger partial charge on any atom is 0.202 e. The minimum atomic E-state index is -0.840. The van der Waals surface area contributed by atoms with E-state index >= 15 is 0 Å². The van der Waals surface area contributed by atoms with Crippen molar-refractivity contribution in [3.63, 3.8) is 0 Å². The second-order valence-electron chi connectivity index (χ2n) is 7.41. The summed E-state index contributed by atoms with van der Waals surface area (Å²) in [5.74, 6) is -0.999. The number of ether oxygens (including phenoxy) is 3. The van der Waals surface area contributed by atoms with E-state index in [1.807, 2.05) is 0 Å². The maximum atomic E-state index is 12.6. The van der Waals surface area contributed by atoms with Gasteiger partial charge in [0.1, 0.15) is 28.9 Å². The first-order chi connectivity index (χ1) is 14.3. The molecule has 4 rings (SSSR count). The molecule has 0 saturated carbocycles. The summed E-state index contributed by atoms with van der Waals surface area (Å²) in [5.41, 5.74) is 0.513. The zero-order valence-electron chi connectivity index (χ0n) is 15.9. The van der Waals surface area contributed by atoms with Gasteiger partial charge in [-0.2, -0.15) is 0 Å². The standard InChI is InChI=1S/C21H22O9/c22-9-13-4-11(23)5-20(29-13)28-12-6-16(26)21-17(27)8-18(30-19(21)7-12)10-1-2-14(24)15(25)3-10/h1-3,6-7,11,13,18,20,22-26H,4-5,8-9H2. The Bertz CT molecular complexity index is 958. The summed E-state index contributed by atoms with van der Waals surface area (Å²) >= 11 is 0. The van der Waals surface area contributed by atoms with Crippen LogP contribution in [-0.4, -0.2) is 56.4 Å². The van der Waals surface area contributed by atoms with Gasteiger partial charge in [-0.3, -0.25) is 4.79 Å². The predicted octanol–water partition coefficient (Wildman–Crippen LogP) is 1.75. The zero-order valence-corrected chi connectivity index (χ0v) is 15.9. The van der Waals surface area contributed by atoms with Crippen molar-refractivity contribution in [3.8, 4) is 28.7 Å². The van der Waals surface area contributed by atoms with Crippen molar-refractivity contribution in [1.82, 2.24) is 0 Å². The molecule has 5 N–H and O–H groups in total. The molecule has 2 aliphatic heterocycles. The summed E-state index contributed by atoms with van der Waals surface area (Å²) in [6.07, 6.45) is -2.40. The third-order valence-electron chi connectivity index (χ3n) is 5.16. The number of fused-ring (bicyclic) bond motifs is 1. The summed E-state index contributed by atoms with van der Waals surface area (Å²) in [5, 5.41) is 48.7. The molecule has 160 valence electrons. The van der Waals surface area contributed by atoms with Crippen LogP contribution in [0.4, 0.5) is 0 Å². The number of phenols is 3. The van der Waals surface area contributed by atoms with Crippen LogP contribution in [0.3, 0.4) is 0 Å². The Morgan fingerprint density at radius 2 is 1.83 bits per heavy atom. The molecule has 2 heterocycles. The molecule has 1 fully saturated rings. The van der Waals surface area contributed by atoms with Crippen LogP contribution < -0.4 is 9.47 Å². The highest BCUT2D eigenvalue weighted by atomic mass is 16.7. The van der Waals surface area contributed by atoms with Crippen LogP contribution >= 0.6 is 0 Å². The first-order valence-corrected chi connectivity index (χ1v) is 9.53. The van der Waals surface area contributed by atoms with Crippen molar-refractivity contribution in [3.05, 3.63) is 41.5 Å². The Hall–Kier alpha value is -3.01. The van der Waals surface area contributed by atoms with Crippen LogP contribution in [0, 0.1) is 0 Å². The van der Waals surface area contributed by atoms with E-state index in [9.17, 15) is 30.3 Å². The van der Waals surface area contributed by atoms with Crippen molar-refractivity contribution < 1.29 is 44.5 Å². The Morgan fingerprint density at radius 1 is 1.03 bits per heavy atom. The number of Topliss-reactive ketones (excluding diaryl/α,β-unsaturated/α-hetero) is 1. The molecule has 0 bridgehead atoms. The Morgan fingerprint density at radius 3 is 2.57 bits per heavy atom. The number of aliphatic hydroxyl groups excluding tert-OH is 2. The van der Waals surface area contributed by atoms with E-state index in [-0.39, 0.29) is 59.5 Å². The minimum absolute atomic E-state index is 0.0273. The van der Waals surface area contributed by atoms with Gasteiger partial charge in [0, 0.05) is 25.0 Å². The van der Waals surface area contributed by atoms with E-state index in [4.69, 9.17) is 14.2 Å². The number of carbonyl (C=O) groups excluding carboxylic acids is 1. The van der Waals surface area contributed by atoms with Gasteiger partial charge in [-0.05, 0) is 17.7 Å². The molecule has 0 aliphatic carbocycles. The number of rotatable bonds is 4. The SMILES string of the molecule is O=C1CC(c2ccc(O)c(O)c2)Oc2cc(OC3CC(O)CC(CO)O3)cc(O)c21. The molecule has 9 heteroatoms. The van der Waals surface area contributed by atoms with Gasteiger partial charge in [-0.25, -0.2) is 0 Å². The summed E-state index contributed by atoms with van der Waals surface area (Å²) in [6.45, 7) is -0.259. The summed E-state index contributed by atoms with van der Waals surface area (Å²) in [4.78, 5) is 12.6. The van der Waals surface area contributed by atoms with Gasteiger partial charge in [-0.1, -0.05) is 6.07 Å². The summed E-state index contributed by atoms with van der Waals surface area (Å²) in [7, 11) is 0. The average Bonchev–Trinajstić information content (AvgIpc) is 2.68. The predicted molar refractivity (Wildman–Crippen MR) is 102 cm³/mol. The Labute approximate surface area is 171 Å². The highest BCUT2D eigenvalue weighted by Crippen LogP contribution is 2.43. The third-order valence-corrected chi connectivity index (χ3v) is 5.16. The minimum Gasteiger partial charge on any atom is -0.507 e. The normalized spacial score (nSPS) is 26.0. The fourth-order valence-electron chi connectivity index (χ4n) is 3.70. The zero-order chi connectivity index (χ0) is 21.4. The number of ketones is 1. The summed E-state index contributed by atoms with van der Waals surface area (Å²) in [6, 6.07) is 6.85. The van der Waals surface area contributed by atoms with E-state index in [0.717, 1.165) is 0 Å². The van der Waals surface area contributed by atoms with Crippen molar-refractivity contribution in [2.45, 2.75) is 43.9 Å². The molecule has 30 heavy (non-hydrogen) atoms. The lowest BCUT2D eigenvalue weighted by Crippen LogP contribution is -2.40. The van der Waals surface area contributed by atoms with Crippen LogP contribution in [0.15, 0.2) is 30.3 Å². The van der Waals surface area contributed by atoms with Crippen molar-refractivity contribution >= 4 is 5.78 Å². The van der Waals surface area contributed by atoms with Gasteiger partial charge in [0.15, 0.2) is 17.3 Å². The smallest absolute Gasteiger partial charge is 0.202 e. The van der Waals surface area contributed by atoms with E-state index in [1.165, 1.54) is 30.3 Å². The fraction of sp³-hybridized carbons (Fsp3) is 0.381. The molecular formula is C21H22O9. The molecular weight excluding hydrogens is 396 g/mol. The lowest BCUT2D eigenvalue weighted by molar-refractivity contribution is -0.184. The maximum absolute atomic E-state index is 12.6. The van der Waals surface area contributed by atoms with Crippen LogP contribution in [-0.2, 0) is 4.74 Å². The molecule has 4 atom stereocenters. The van der Waals surface area contributed by atoms with Crippen molar-refractivity contribution in [2.24, 2.45) is 0 Å². The number of carbonyl (C=O) groups is 1. The van der Waals surface area contributed by atoms with Crippen LogP contribution in [0.5, 0.6) is 28.7 Å². The number of phenolic OH excluding ortho intramolecular Hbond substituents is 3. The molecule has 2 aromatic rings. The molecule has 2 aliphatic rings. The second kappa shape index (κ2) is 8.02. The van der Waals surface area contributed by atoms with Gasteiger partial charge >= 0.3 is 0 Å². The third kappa shape index (κ3) is 4.00. The fourth-order valence-corrected chi connectivity index (χ4v) is 3.70. The molecule has 2 aromatic carbocycles. The topological polar surface area (TPSA) is 146 Å². The van der Waals surface area contributed by atoms with Gasteiger partial charge < -0.3 is 39.7 Å². The first kappa shape index (κ1) is 20.3. The Balaban J connectivity index is 1.58. The molecule has 0 spiro atoms. The average molecular weight is 418 g/mol. The van der Waals surface area contributed by atoms with Crippen LogP contribution in [0.25, 0.3) is 0 Å². The largest absolute Gasteiger partial charge is 0.507 e. The van der Waals surface area contributed by atoms with Gasteiger partial charge in [0.2, 0.25) is 6.29 Å². The molecule has 9 nitrogen and oxygen atoms in total. The second-order valence-corrected chi connectivity index (χ2v) is 7.41. The monoisotopic (exact) mass is 418 g/mol. The van der Waals surface area contributed by atoms with Gasteiger partial charge in [-0.15, -0.1) is 0 Å². The number of hydrogen-bond donors (Lipinski definition) is 5. The molecule has 0 amide bonds. The summed E-state index contributed by atoms with van der Waals surface area (Å²) < 4.78 is 17.1. The highest BCUT2D eigenvalue weighted by molar-refractivity contribution is 6.02. The van der Waals surface area contributed by atoms with E-state index < -0.39 is 24.6 Å². The number of aromatic hydroxyl groups is 3. The molecule has 0 aromatic heterocycles. The number of aliphatic hydroxyl groups is 2. The van der Waals surface area contributed by atoms with E-state index in [2.05, 4.69) is 0 Å². The molecule has 1 saturated heterocycles. The lowest BCUT2D eigenvalue weighted by Gasteiger charge is -2.32. The van der Waals surface area contributed by atoms with E-state index in [0.29, 0.717) is 12.0 Å². The highest BCUT2D eigenvalue weighted by Gasteiger charge is 2.33. The lowest BCUT2D eigenvalue weighted by atomic mass is 9.95. The Kier molecular flexibility index (Phi) is 5.42. The first-order valence-electron chi connectivity index (χ1n) is 9.53. The van der Waals surface area contributed by atoms with Crippen LogP contribution in [0.2, 0.25) is 0 Å². The quantitative estimate of drug-likeness (QED) is 0.469. The molecule has 0 radical (unpaired) electrons. The van der Waals surface area contributed by atoms with Gasteiger partial charge in [0.25, 0.3) is 0 Å². The van der Waals surface area contributed by atoms with E-state index in [1.54, 1.807) is 0 Å². The van der Waals surface area contributed by atoms with Crippen molar-refractivity contribution in [1.29, 1.82) is 0 Å². The van der Waals surface area contributed by atoms with Crippen LogP contribution in [0.1, 0.15) is 41.3 Å². The number of hydrogen-bond acceptors (Lipinski definition) is 9. The van der Waals surface area contributed by atoms with Gasteiger partial charge in [0.05, 0.1) is 25.2 Å². The number of benzene rings is 2. The molecule has 4 unspecified atom stereocenters. The van der Waals surface area contributed by atoms with Crippen molar-refractivity contribution in [2.75, 3.05) is 6.61 Å².